The van der Waals surface area contributed by atoms with E-state index in [1.165, 1.54) is 25.7 Å². The minimum Gasteiger partial charge on any atom is -0.0683 e. The maximum absolute atomic E-state index is 2.36. The van der Waals surface area contributed by atoms with Crippen molar-refractivity contribution in [3.05, 3.63) is 0 Å². The zero-order valence-electron chi connectivity index (χ0n) is 9.98. The maximum Gasteiger partial charge on any atom is -0.0386 e. The minimum atomic E-state index is 1.07. The van der Waals surface area contributed by atoms with Crippen molar-refractivity contribution in [1.82, 2.24) is 0 Å². The van der Waals surface area contributed by atoms with Crippen LogP contribution >= 0.6 is 0 Å². The van der Waals surface area contributed by atoms with Crippen molar-refractivity contribution in [3.63, 3.8) is 0 Å². The largest absolute Gasteiger partial charge is 0.0683 e. The molecule has 0 N–H and O–H groups in total. The van der Waals surface area contributed by atoms with Gasteiger partial charge in [-0.3, -0.25) is 0 Å². The second-order valence-corrected chi connectivity index (χ2v) is 3.12. The van der Waals surface area contributed by atoms with Gasteiger partial charge < -0.3 is 0 Å². The molecule has 0 amide bonds. The number of rotatable bonds is 3. The van der Waals surface area contributed by atoms with Gasteiger partial charge in [0.1, 0.15) is 0 Å². The van der Waals surface area contributed by atoms with Gasteiger partial charge in [-0.1, -0.05) is 60.8 Å². The highest BCUT2D eigenvalue weighted by atomic mass is 14.4. The van der Waals surface area contributed by atoms with Gasteiger partial charge in [0, 0.05) is 0 Å². The van der Waals surface area contributed by atoms with E-state index in [-0.39, 0.29) is 0 Å². The Kier molecular flexibility index (Phi) is 13.3. The molecule has 0 heterocycles. The van der Waals surface area contributed by atoms with E-state index < -0.39 is 0 Å². The molecule has 0 aliphatic heterocycles. The van der Waals surface area contributed by atoms with Gasteiger partial charge in [-0.05, 0) is 18.3 Å². The summed E-state index contributed by atoms with van der Waals surface area (Å²) in [6, 6.07) is 0. The highest BCUT2D eigenvalue weighted by molar-refractivity contribution is 4.81. The summed E-state index contributed by atoms with van der Waals surface area (Å²) in [6.07, 6.45) is 5.84. The molecule has 1 aliphatic carbocycles. The van der Waals surface area contributed by atoms with Crippen LogP contribution in [0.3, 0.4) is 0 Å². The van der Waals surface area contributed by atoms with Crippen molar-refractivity contribution in [2.75, 3.05) is 0 Å². The fourth-order valence-corrected chi connectivity index (χ4v) is 1.27. The Bertz CT molecular complexity index is 66.4. The van der Waals surface area contributed by atoms with E-state index in [4.69, 9.17) is 0 Å². The van der Waals surface area contributed by atoms with Gasteiger partial charge in [0.05, 0.1) is 0 Å². The van der Waals surface area contributed by atoms with E-state index in [9.17, 15) is 0 Å². The summed E-state index contributed by atoms with van der Waals surface area (Å²) in [6.45, 7) is 12.6. The van der Waals surface area contributed by atoms with Crippen molar-refractivity contribution >= 4 is 0 Å². The van der Waals surface area contributed by atoms with Crippen LogP contribution < -0.4 is 0 Å². The molecule has 76 valence electrons. The van der Waals surface area contributed by atoms with Crippen LogP contribution in [-0.2, 0) is 0 Å². The SMILES string of the molecule is CC.CC.CCCCC1CC1C. The molecule has 0 heteroatoms. The van der Waals surface area contributed by atoms with E-state index in [2.05, 4.69) is 13.8 Å². The Hall–Kier alpha value is 0. The summed E-state index contributed by atoms with van der Waals surface area (Å²) >= 11 is 0. The quantitative estimate of drug-likeness (QED) is 0.569. The predicted molar refractivity (Wildman–Crippen MR) is 59.5 cm³/mol. The molecule has 2 unspecified atom stereocenters. The Labute approximate surface area is 79.8 Å². The van der Waals surface area contributed by atoms with Crippen molar-refractivity contribution in [2.45, 2.75) is 67.2 Å². The third-order valence-corrected chi connectivity index (χ3v) is 2.20. The van der Waals surface area contributed by atoms with Crippen LogP contribution in [-0.4, -0.2) is 0 Å². The molecular formula is C12H28. The molecule has 0 nitrogen and oxygen atoms in total. The highest BCUT2D eigenvalue weighted by Crippen LogP contribution is 2.41. The van der Waals surface area contributed by atoms with Crippen LogP contribution in [0.15, 0.2) is 0 Å². The third kappa shape index (κ3) is 8.10. The van der Waals surface area contributed by atoms with Gasteiger partial charge in [0.2, 0.25) is 0 Å². The zero-order valence-corrected chi connectivity index (χ0v) is 9.98. The van der Waals surface area contributed by atoms with Crippen LogP contribution in [0.2, 0.25) is 0 Å². The minimum absolute atomic E-state index is 1.07. The van der Waals surface area contributed by atoms with E-state index in [0.29, 0.717) is 0 Å². The number of hydrogen-bond donors (Lipinski definition) is 0. The summed E-state index contributed by atoms with van der Waals surface area (Å²) in [5.41, 5.74) is 0. The van der Waals surface area contributed by atoms with Gasteiger partial charge in [0.25, 0.3) is 0 Å². The zero-order chi connectivity index (χ0) is 9.98. The van der Waals surface area contributed by atoms with Crippen molar-refractivity contribution in [1.29, 1.82) is 0 Å². The molecule has 0 aromatic rings. The van der Waals surface area contributed by atoms with Crippen LogP contribution in [0.5, 0.6) is 0 Å². The first kappa shape index (κ1) is 14.5. The monoisotopic (exact) mass is 172 g/mol. The fraction of sp³-hybridized carbons (Fsp3) is 1.00. The molecule has 0 bridgehead atoms. The van der Waals surface area contributed by atoms with Crippen LogP contribution in [0.1, 0.15) is 67.2 Å². The Morgan fingerprint density at radius 1 is 1.08 bits per heavy atom. The van der Waals surface area contributed by atoms with Crippen molar-refractivity contribution < 1.29 is 0 Å². The molecule has 0 spiro atoms. The molecule has 0 radical (unpaired) electrons. The molecule has 0 saturated heterocycles. The molecule has 12 heavy (non-hydrogen) atoms. The average molecular weight is 172 g/mol. The van der Waals surface area contributed by atoms with Gasteiger partial charge >= 0.3 is 0 Å². The molecule has 1 saturated carbocycles. The summed E-state index contributed by atoms with van der Waals surface area (Å²) < 4.78 is 0. The number of hydrogen-bond acceptors (Lipinski definition) is 0. The molecular weight excluding hydrogens is 144 g/mol. The lowest BCUT2D eigenvalue weighted by Crippen LogP contribution is -1.77. The van der Waals surface area contributed by atoms with Gasteiger partial charge in [-0.15, -0.1) is 0 Å². The predicted octanol–water partition coefficient (Wildman–Crippen LogP) is 4.89. The topological polar surface area (TPSA) is 0 Å². The lowest BCUT2D eigenvalue weighted by atomic mass is 10.2. The molecule has 0 aromatic carbocycles. The van der Waals surface area contributed by atoms with Crippen molar-refractivity contribution in [2.24, 2.45) is 11.8 Å². The van der Waals surface area contributed by atoms with Gasteiger partial charge in [0.15, 0.2) is 0 Å². The first-order chi connectivity index (χ1) is 5.84. The Balaban J connectivity index is 0. The van der Waals surface area contributed by atoms with E-state index in [1.807, 2.05) is 27.7 Å². The second kappa shape index (κ2) is 11.0. The molecule has 2 atom stereocenters. The molecule has 0 aromatic heterocycles. The molecule has 1 rings (SSSR count). The average Bonchev–Trinajstić information content (AvgIpc) is 2.85. The number of unbranched alkanes of at least 4 members (excludes halogenated alkanes) is 1. The smallest absolute Gasteiger partial charge is 0.0386 e. The van der Waals surface area contributed by atoms with E-state index in [1.54, 1.807) is 0 Å². The van der Waals surface area contributed by atoms with Crippen molar-refractivity contribution in [3.8, 4) is 0 Å². The fourth-order valence-electron chi connectivity index (χ4n) is 1.27. The third-order valence-electron chi connectivity index (χ3n) is 2.20. The Morgan fingerprint density at radius 2 is 1.50 bits per heavy atom. The van der Waals surface area contributed by atoms with E-state index >= 15 is 0 Å². The summed E-state index contributed by atoms with van der Waals surface area (Å²) in [5, 5.41) is 0. The van der Waals surface area contributed by atoms with E-state index in [0.717, 1.165) is 11.8 Å². The highest BCUT2D eigenvalue weighted by Gasteiger charge is 2.30. The normalized spacial score (nSPS) is 24.5. The first-order valence-corrected chi connectivity index (χ1v) is 5.84. The summed E-state index contributed by atoms with van der Waals surface area (Å²) in [7, 11) is 0. The lowest BCUT2D eigenvalue weighted by molar-refractivity contribution is 0.620. The van der Waals surface area contributed by atoms with Crippen LogP contribution in [0, 0.1) is 11.8 Å². The standard InChI is InChI=1S/C8H16.2C2H6/c1-3-4-5-8-6-7(8)2;2*1-2/h7-8H,3-6H2,1-2H3;2*1-2H3. The summed E-state index contributed by atoms with van der Waals surface area (Å²) in [4.78, 5) is 0. The van der Waals surface area contributed by atoms with Gasteiger partial charge in [-0.25, -0.2) is 0 Å². The van der Waals surface area contributed by atoms with Crippen LogP contribution in [0.4, 0.5) is 0 Å². The second-order valence-electron chi connectivity index (χ2n) is 3.12. The first-order valence-electron chi connectivity index (χ1n) is 5.84. The molecule has 1 aliphatic rings. The van der Waals surface area contributed by atoms with Gasteiger partial charge in [-0.2, -0.15) is 0 Å². The molecule has 1 fully saturated rings. The summed E-state index contributed by atoms with van der Waals surface area (Å²) in [5.74, 6) is 2.19. The maximum atomic E-state index is 2.36. The lowest BCUT2D eigenvalue weighted by Gasteiger charge is -1.91. The van der Waals surface area contributed by atoms with Crippen LogP contribution in [0.25, 0.3) is 0 Å². The Morgan fingerprint density at radius 3 is 1.75 bits per heavy atom.